The van der Waals surface area contributed by atoms with Crippen LogP contribution in [0.5, 0.6) is 0 Å². The standard InChI is InChI=1S/C14H22F3N3O3Si/c1-10(8-21)19-11-7-18-20(9-23-5-6-24(2,3)4)13(22)12(11)14(15,16)17/h7-8,10,19H,5-6,9H2,1-4H3/t10-/m0/s1. The van der Waals surface area contributed by atoms with E-state index in [-0.39, 0.29) is 6.73 Å². The van der Waals surface area contributed by atoms with Crippen molar-refractivity contribution in [3.63, 3.8) is 0 Å². The zero-order valence-electron chi connectivity index (χ0n) is 14.1. The van der Waals surface area contributed by atoms with Gasteiger partial charge in [0.05, 0.1) is 17.9 Å². The fraction of sp³-hybridized carbons (Fsp3) is 0.643. The van der Waals surface area contributed by atoms with Gasteiger partial charge in [0.25, 0.3) is 5.56 Å². The van der Waals surface area contributed by atoms with Crippen LogP contribution in [0.15, 0.2) is 11.0 Å². The summed E-state index contributed by atoms with van der Waals surface area (Å²) in [5.41, 5.74) is -3.22. The average molecular weight is 365 g/mol. The number of rotatable bonds is 8. The molecule has 1 aromatic rings. The van der Waals surface area contributed by atoms with Crippen LogP contribution in [0.1, 0.15) is 12.5 Å². The molecule has 0 amide bonds. The Kier molecular flexibility index (Phi) is 6.73. The number of anilines is 1. The lowest BCUT2D eigenvalue weighted by Gasteiger charge is -2.18. The highest BCUT2D eigenvalue weighted by atomic mass is 28.3. The first-order valence-electron chi connectivity index (χ1n) is 7.42. The second kappa shape index (κ2) is 7.93. The van der Waals surface area contributed by atoms with Gasteiger partial charge in [0.15, 0.2) is 0 Å². The molecule has 1 heterocycles. The molecule has 0 unspecified atom stereocenters. The molecule has 1 atom stereocenters. The Balaban J connectivity index is 3.01. The highest BCUT2D eigenvalue weighted by Gasteiger charge is 2.38. The largest absolute Gasteiger partial charge is 0.423 e. The molecule has 6 nitrogen and oxygen atoms in total. The maximum Gasteiger partial charge on any atom is 0.423 e. The van der Waals surface area contributed by atoms with Crippen molar-refractivity contribution in [3.05, 3.63) is 22.1 Å². The maximum absolute atomic E-state index is 13.2. The van der Waals surface area contributed by atoms with Gasteiger partial charge in [0, 0.05) is 14.7 Å². The zero-order valence-corrected chi connectivity index (χ0v) is 15.1. The highest BCUT2D eigenvalue weighted by molar-refractivity contribution is 6.76. The van der Waals surface area contributed by atoms with Gasteiger partial charge >= 0.3 is 6.18 Å². The minimum Gasteiger partial charge on any atom is -0.374 e. The van der Waals surface area contributed by atoms with E-state index in [2.05, 4.69) is 30.1 Å². The van der Waals surface area contributed by atoms with Gasteiger partial charge in [0.2, 0.25) is 0 Å². The van der Waals surface area contributed by atoms with Gasteiger partial charge in [0.1, 0.15) is 18.6 Å². The van der Waals surface area contributed by atoms with Gasteiger partial charge in [-0.05, 0) is 13.0 Å². The number of alkyl halides is 3. The topological polar surface area (TPSA) is 73.2 Å². The number of ether oxygens (including phenoxy) is 1. The van der Waals surface area contributed by atoms with Crippen molar-refractivity contribution in [2.24, 2.45) is 0 Å². The fourth-order valence-corrected chi connectivity index (χ4v) is 2.53. The predicted molar refractivity (Wildman–Crippen MR) is 86.8 cm³/mol. The second-order valence-corrected chi connectivity index (χ2v) is 12.3. The number of carbonyl (C=O) groups excluding carboxylic acids is 1. The first-order chi connectivity index (χ1) is 11.0. The molecule has 0 radical (unpaired) electrons. The van der Waals surface area contributed by atoms with E-state index < -0.39 is 37.1 Å². The first kappa shape index (κ1) is 20.4. The number of nitrogens with one attached hydrogen (secondary N) is 1. The van der Waals surface area contributed by atoms with Crippen molar-refractivity contribution in [2.75, 3.05) is 11.9 Å². The number of aromatic nitrogens is 2. The van der Waals surface area contributed by atoms with E-state index in [1.807, 2.05) is 0 Å². The molecule has 0 saturated heterocycles. The molecule has 0 aromatic carbocycles. The lowest BCUT2D eigenvalue weighted by molar-refractivity contribution is -0.138. The van der Waals surface area contributed by atoms with E-state index in [4.69, 9.17) is 4.74 Å². The van der Waals surface area contributed by atoms with E-state index in [0.717, 1.165) is 12.2 Å². The molecule has 136 valence electrons. The summed E-state index contributed by atoms with van der Waals surface area (Å²) < 4.78 is 45.5. The molecule has 0 spiro atoms. The highest BCUT2D eigenvalue weighted by Crippen LogP contribution is 2.31. The third kappa shape index (κ3) is 6.08. The second-order valence-electron chi connectivity index (χ2n) is 6.65. The number of nitrogens with zero attached hydrogens (tertiary/aromatic N) is 2. The summed E-state index contributed by atoms with van der Waals surface area (Å²) in [6, 6.07) is -0.0548. The van der Waals surface area contributed by atoms with E-state index in [0.29, 0.717) is 17.6 Å². The van der Waals surface area contributed by atoms with Gasteiger partial charge in [-0.25, -0.2) is 4.68 Å². The van der Waals surface area contributed by atoms with E-state index >= 15 is 0 Å². The summed E-state index contributed by atoms with van der Waals surface area (Å²) in [5, 5.41) is 6.01. The SMILES string of the molecule is C[C@@H](C=O)Nc1cnn(COCC[Si](C)(C)C)c(=O)c1C(F)(F)F. The maximum atomic E-state index is 13.2. The smallest absolute Gasteiger partial charge is 0.374 e. The molecule has 10 heteroatoms. The monoisotopic (exact) mass is 365 g/mol. The van der Waals surface area contributed by atoms with Crippen molar-refractivity contribution >= 4 is 20.0 Å². The summed E-state index contributed by atoms with van der Waals surface area (Å²) in [4.78, 5) is 22.7. The van der Waals surface area contributed by atoms with Crippen LogP contribution in [-0.4, -0.2) is 36.8 Å². The summed E-state index contributed by atoms with van der Waals surface area (Å²) in [5.74, 6) is 0. The van der Waals surface area contributed by atoms with Crippen LogP contribution in [0.25, 0.3) is 0 Å². The summed E-state index contributed by atoms with van der Waals surface area (Å²) in [6.45, 7) is 7.78. The van der Waals surface area contributed by atoms with Crippen molar-refractivity contribution < 1.29 is 22.7 Å². The lowest BCUT2D eigenvalue weighted by atomic mass is 10.2. The van der Waals surface area contributed by atoms with Crippen LogP contribution < -0.4 is 10.9 Å². The van der Waals surface area contributed by atoms with Crippen molar-refractivity contribution in [2.45, 2.75) is 51.6 Å². The Morgan fingerprint density at radius 3 is 2.54 bits per heavy atom. The zero-order chi connectivity index (χ0) is 18.5. The van der Waals surface area contributed by atoms with Gasteiger partial charge in [-0.2, -0.15) is 18.3 Å². The Morgan fingerprint density at radius 1 is 1.42 bits per heavy atom. The molecule has 0 saturated carbocycles. The fourth-order valence-electron chi connectivity index (χ4n) is 1.77. The molecule has 0 fully saturated rings. The van der Waals surface area contributed by atoms with Gasteiger partial charge < -0.3 is 14.8 Å². The number of hydrogen-bond donors (Lipinski definition) is 1. The Bertz CT molecular complexity index is 626. The summed E-state index contributed by atoms with van der Waals surface area (Å²) in [6.07, 6.45) is -3.55. The Hall–Kier alpha value is -1.68. The first-order valence-corrected chi connectivity index (χ1v) is 11.1. The average Bonchev–Trinajstić information content (AvgIpc) is 2.42. The van der Waals surface area contributed by atoms with Crippen molar-refractivity contribution in [1.29, 1.82) is 0 Å². The number of aldehydes is 1. The molecular formula is C14H22F3N3O3Si. The number of halogens is 3. The summed E-state index contributed by atoms with van der Waals surface area (Å²) >= 11 is 0. The van der Waals surface area contributed by atoms with Crippen LogP contribution in [0.2, 0.25) is 25.7 Å². The normalized spacial score (nSPS) is 13.6. The lowest BCUT2D eigenvalue weighted by Crippen LogP contribution is -2.34. The van der Waals surface area contributed by atoms with Crippen LogP contribution in [-0.2, 0) is 22.4 Å². The molecule has 1 N–H and O–H groups in total. The van der Waals surface area contributed by atoms with Crippen LogP contribution in [0, 0.1) is 0 Å². The summed E-state index contributed by atoms with van der Waals surface area (Å²) in [7, 11) is -1.34. The van der Waals surface area contributed by atoms with Crippen molar-refractivity contribution in [1.82, 2.24) is 9.78 Å². The Labute approximate surface area is 139 Å². The Morgan fingerprint density at radius 2 is 2.04 bits per heavy atom. The van der Waals surface area contributed by atoms with Gasteiger partial charge in [-0.1, -0.05) is 19.6 Å². The van der Waals surface area contributed by atoms with E-state index in [1.165, 1.54) is 6.92 Å². The van der Waals surface area contributed by atoms with Crippen molar-refractivity contribution in [3.8, 4) is 0 Å². The minimum atomic E-state index is -4.87. The molecule has 1 rings (SSSR count). The predicted octanol–water partition coefficient (Wildman–Crippen LogP) is 2.57. The molecule has 0 bridgehead atoms. The minimum absolute atomic E-state index is 0.351. The van der Waals surface area contributed by atoms with Crippen LogP contribution >= 0.6 is 0 Å². The number of hydrogen-bond acceptors (Lipinski definition) is 5. The van der Waals surface area contributed by atoms with Gasteiger partial charge in [-0.3, -0.25) is 4.79 Å². The third-order valence-corrected chi connectivity index (χ3v) is 4.83. The molecular weight excluding hydrogens is 343 g/mol. The molecule has 0 aliphatic rings. The number of carbonyl (C=O) groups is 1. The third-order valence-electron chi connectivity index (χ3n) is 3.12. The quantitative estimate of drug-likeness (QED) is 0.435. The molecule has 24 heavy (non-hydrogen) atoms. The van der Waals surface area contributed by atoms with Crippen LogP contribution in [0.4, 0.5) is 18.9 Å². The molecule has 1 aromatic heterocycles. The molecule has 0 aliphatic carbocycles. The van der Waals surface area contributed by atoms with Crippen LogP contribution in [0.3, 0.4) is 0 Å². The van der Waals surface area contributed by atoms with E-state index in [9.17, 15) is 22.8 Å². The van der Waals surface area contributed by atoms with Gasteiger partial charge in [-0.15, -0.1) is 0 Å². The van der Waals surface area contributed by atoms with E-state index in [1.54, 1.807) is 0 Å². The molecule has 0 aliphatic heterocycles.